The molecule has 1 heterocycles. The lowest BCUT2D eigenvalue weighted by atomic mass is 10.0. The van der Waals surface area contributed by atoms with Gasteiger partial charge in [-0.1, -0.05) is 13.8 Å². The van der Waals surface area contributed by atoms with E-state index in [4.69, 9.17) is 9.72 Å². The van der Waals surface area contributed by atoms with E-state index in [0.717, 1.165) is 44.1 Å². The van der Waals surface area contributed by atoms with Crippen LogP contribution < -0.4 is 5.32 Å². The second-order valence-corrected chi connectivity index (χ2v) is 6.03. The van der Waals surface area contributed by atoms with Gasteiger partial charge in [-0.15, -0.1) is 0 Å². The Bertz CT molecular complexity index is 414. The molecule has 1 aromatic rings. The second kappa shape index (κ2) is 7.14. The van der Waals surface area contributed by atoms with Crippen LogP contribution >= 0.6 is 0 Å². The first-order valence-electron chi connectivity index (χ1n) is 7.83. The van der Waals surface area contributed by atoms with Crippen LogP contribution in [0.25, 0.3) is 0 Å². The summed E-state index contributed by atoms with van der Waals surface area (Å²) >= 11 is 0. The highest BCUT2D eigenvalue weighted by Crippen LogP contribution is 2.40. The van der Waals surface area contributed by atoms with Crippen LogP contribution in [0.4, 0.5) is 0 Å². The molecule has 0 bridgehead atoms. The summed E-state index contributed by atoms with van der Waals surface area (Å²) in [6, 6.07) is 1.99. The number of hydrogen-bond donors (Lipinski definition) is 1. The summed E-state index contributed by atoms with van der Waals surface area (Å²) in [5, 5.41) is 3.43. The molecule has 0 radical (unpaired) electrons. The predicted molar refractivity (Wildman–Crippen MR) is 80.3 cm³/mol. The van der Waals surface area contributed by atoms with E-state index in [-0.39, 0.29) is 5.60 Å². The molecule has 1 aromatic heterocycles. The molecule has 0 saturated heterocycles. The van der Waals surface area contributed by atoms with Crippen molar-refractivity contribution >= 4 is 0 Å². The van der Waals surface area contributed by atoms with Gasteiger partial charge in [-0.05, 0) is 51.1 Å². The second-order valence-electron chi connectivity index (χ2n) is 6.03. The Balaban J connectivity index is 2.07. The van der Waals surface area contributed by atoms with E-state index in [1.807, 2.05) is 19.2 Å². The largest absolute Gasteiger partial charge is 0.367 e. The molecule has 0 aromatic carbocycles. The van der Waals surface area contributed by atoms with Crippen LogP contribution in [0, 0.1) is 5.92 Å². The Morgan fingerprint density at radius 3 is 2.75 bits per heavy atom. The third kappa shape index (κ3) is 3.76. The molecule has 20 heavy (non-hydrogen) atoms. The van der Waals surface area contributed by atoms with Gasteiger partial charge in [0.1, 0.15) is 5.60 Å². The van der Waals surface area contributed by atoms with Gasteiger partial charge in [0, 0.05) is 19.3 Å². The van der Waals surface area contributed by atoms with E-state index in [0.29, 0.717) is 5.92 Å². The Morgan fingerprint density at radius 2 is 2.10 bits per heavy atom. The van der Waals surface area contributed by atoms with Gasteiger partial charge in [0.25, 0.3) is 0 Å². The normalized spacial score (nSPS) is 17.8. The molecule has 1 aliphatic carbocycles. The SMILES string of the molecule is CCOC1(c2nccc(CNCC(C)C)n2)CCCC1. The van der Waals surface area contributed by atoms with Crippen LogP contribution in [0.1, 0.15) is 58.0 Å². The highest BCUT2D eigenvalue weighted by molar-refractivity contribution is 5.10. The van der Waals surface area contributed by atoms with E-state index in [9.17, 15) is 0 Å². The maximum atomic E-state index is 6.03. The van der Waals surface area contributed by atoms with E-state index in [1.54, 1.807) is 0 Å². The average Bonchev–Trinajstić information content (AvgIpc) is 2.89. The third-order valence-corrected chi connectivity index (χ3v) is 3.81. The number of nitrogens with zero attached hydrogens (tertiary/aromatic N) is 2. The van der Waals surface area contributed by atoms with Crippen LogP contribution in [0.5, 0.6) is 0 Å². The monoisotopic (exact) mass is 277 g/mol. The molecule has 112 valence electrons. The first kappa shape index (κ1) is 15.4. The number of nitrogens with one attached hydrogen (secondary N) is 1. The number of aromatic nitrogens is 2. The average molecular weight is 277 g/mol. The number of rotatable bonds is 7. The van der Waals surface area contributed by atoms with Gasteiger partial charge in [0.2, 0.25) is 0 Å². The molecule has 1 fully saturated rings. The van der Waals surface area contributed by atoms with Crippen LogP contribution in [0.15, 0.2) is 12.3 Å². The molecule has 1 aliphatic rings. The summed E-state index contributed by atoms with van der Waals surface area (Å²) in [7, 11) is 0. The molecule has 4 nitrogen and oxygen atoms in total. The van der Waals surface area contributed by atoms with Crippen molar-refractivity contribution in [2.24, 2.45) is 5.92 Å². The minimum atomic E-state index is -0.233. The summed E-state index contributed by atoms with van der Waals surface area (Å²) in [5.41, 5.74) is 0.824. The maximum absolute atomic E-state index is 6.03. The Hall–Kier alpha value is -1.00. The minimum Gasteiger partial charge on any atom is -0.367 e. The summed E-state index contributed by atoms with van der Waals surface area (Å²) in [4.78, 5) is 9.24. The fraction of sp³-hybridized carbons (Fsp3) is 0.750. The first-order valence-corrected chi connectivity index (χ1v) is 7.83. The van der Waals surface area contributed by atoms with Gasteiger partial charge in [0.15, 0.2) is 5.82 Å². The Morgan fingerprint density at radius 1 is 1.35 bits per heavy atom. The Labute approximate surface area is 122 Å². The van der Waals surface area contributed by atoms with Crippen molar-refractivity contribution in [2.75, 3.05) is 13.2 Å². The van der Waals surface area contributed by atoms with Crippen molar-refractivity contribution in [2.45, 2.75) is 58.6 Å². The standard InChI is InChI=1S/C16H27N3O/c1-4-20-16(8-5-6-9-16)15-18-10-7-14(19-15)12-17-11-13(2)3/h7,10,13,17H,4-6,8-9,11-12H2,1-3H3. The molecule has 1 N–H and O–H groups in total. The van der Waals surface area contributed by atoms with Crippen LogP contribution in [-0.4, -0.2) is 23.1 Å². The van der Waals surface area contributed by atoms with E-state index < -0.39 is 0 Å². The van der Waals surface area contributed by atoms with Gasteiger partial charge < -0.3 is 10.1 Å². The molecular formula is C16H27N3O. The van der Waals surface area contributed by atoms with Gasteiger partial charge in [0.05, 0.1) is 5.69 Å². The lowest BCUT2D eigenvalue weighted by Crippen LogP contribution is -2.29. The van der Waals surface area contributed by atoms with E-state index >= 15 is 0 Å². The van der Waals surface area contributed by atoms with Crippen molar-refractivity contribution in [1.29, 1.82) is 0 Å². The number of ether oxygens (including phenoxy) is 1. The highest BCUT2D eigenvalue weighted by atomic mass is 16.5. The fourth-order valence-corrected chi connectivity index (χ4v) is 2.86. The smallest absolute Gasteiger partial charge is 0.160 e. The predicted octanol–water partition coefficient (Wildman–Crippen LogP) is 3.03. The maximum Gasteiger partial charge on any atom is 0.160 e. The lowest BCUT2D eigenvalue weighted by molar-refractivity contribution is -0.0458. The topological polar surface area (TPSA) is 47.0 Å². The molecule has 0 aliphatic heterocycles. The van der Waals surface area contributed by atoms with Crippen LogP contribution in [0.2, 0.25) is 0 Å². The molecule has 2 rings (SSSR count). The van der Waals surface area contributed by atoms with Crippen molar-refractivity contribution in [3.63, 3.8) is 0 Å². The summed E-state index contributed by atoms with van der Waals surface area (Å²) < 4.78 is 6.03. The third-order valence-electron chi connectivity index (χ3n) is 3.81. The molecule has 0 unspecified atom stereocenters. The zero-order chi connectivity index (χ0) is 14.4. The van der Waals surface area contributed by atoms with Gasteiger partial charge >= 0.3 is 0 Å². The number of hydrogen-bond acceptors (Lipinski definition) is 4. The van der Waals surface area contributed by atoms with Crippen molar-refractivity contribution in [3.05, 3.63) is 23.8 Å². The summed E-state index contributed by atoms with van der Waals surface area (Å²) in [6.45, 7) is 9.00. The Kier molecular flexibility index (Phi) is 5.49. The van der Waals surface area contributed by atoms with Gasteiger partial charge in [-0.25, -0.2) is 9.97 Å². The van der Waals surface area contributed by atoms with Gasteiger partial charge in [-0.2, -0.15) is 0 Å². The fourth-order valence-electron chi connectivity index (χ4n) is 2.86. The molecule has 4 heteroatoms. The molecule has 0 spiro atoms. The van der Waals surface area contributed by atoms with Crippen LogP contribution in [-0.2, 0) is 16.9 Å². The van der Waals surface area contributed by atoms with Gasteiger partial charge in [-0.3, -0.25) is 0 Å². The molecular weight excluding hydrogens is 250 g/mol. The minimum absolute atomic E-state index is 0.233. The van der Waals surface area contributed by atoms with Crippen molar-refractivity contribution in [1.82, 2.24) is 15.3 Å². The molecule has 0 atom stereocenters. The quantitative estimate of drug-likeness (QED) is 0.832. The van der Waals surface area contributed by atoms with E-state index in [1.165, 1.54) is 12.8 Å². The van der Waals surface area contributed by atoms with Crippen molar-refractivity contribution < 1.29 is 4.74 Å². The first-order chi connectivity index (χ1) is 9.66. The highest BCUT2D eigenvalue weighted by Gasteiger charge is 2.39. The zero-order valence-corrected chi connectivity index (χ0v) is 13.0. The molecule has 0 amide bonds. The van der Waals surface area contributed by atoms with Crippen LogP contribution in [0.3, 0.4) is 0 Å². The zero-order valence-electron chi connectivity index (χ0n) is 13.0. The summed E-state index contributed by atoms with van der Waals surface area (Å²) in [6.07, 6.45) is 6.37. The van der Waals surface area contributed by atoms with Crippen molar-refractivity contribution in [3.8, 4) is 0 Å². The lowest BCUT2D eigenvalue weighted by Gasteiger charge is -2.27. The van der Waals surface area contributed by atoms with E-state index in [2.05, 4.69) is 24.1 Å². The molecule has 1 saturated carbocycles. The summed E-state index contributed by atoms with van der Waals surface area (Å²) in [5.74, 6) is 1.53.